The largest absolute Gasteiger partial charge is 0.350 e. The highest BCUT2D eigenvalue weighted by molar-refractivity contribution is 7.98. The number of nitrogens with one attached hydrogen (secondary N) is 3. The number of aromatic amines is 1. The zero-order valence-electron chi connectivity index (χ0n) is 15.1. The highest BCUT2D eigenvalue weighted by Crippen LogP contribution is 2.24. The molecule has 3 N–H and O–H groups in total. The van der Waals surface area contributed by atoms with Gasteiger partial charge in [0.15, 0.2) is 5.16 Å². The molecule has 3 aromatic rings. The molecule has 2 aromatic carbocycles. The Morgan fingerprint density at radius 2 is 1.96 bits per heavy atom. The lowest BCUT2D eigenvalue weighted by atomic mass is 10.1. The highest BCUT2D eigenvalue weighted by Gasteiger charge is 2.13. The van der Waals surface area contributed by atoms with Crippen molar-refractivity contribution >= 4 is 28.7 Å². The minimum Gasteiger partial charge on any atom is -0.350 e. The van der Waals surface area contributed by atoms with Crippen LogP contribution in [0.15, 0.2) is 53.7 Å². The molecule has 1 aromatic heterocycles. The van der Waals surface area contributed by atoms with E-state index in [1.165, 1.54) is 0 Å². The van der Waals surface area contributed by atoms with E-state index >= 15 is 0 Å². The number of carbonyl (C=O) groups is 1. The number of H-pyrrole nitrogens is 1. The molecule has 6 heteroatoms. The van der Waals surface area contributed by atoms with Gasteiger partial charge in [-0.25, -0.2) is 4.98 Å². The third-order valence-corrected chi connectivity index (χ3v) is 5.04. The molecule has 26 heavy (non-hydrogen) atoms. The van der Waals surface area contributed by atoms with Crippen molar-refractivity contribution in [3.63, 3.8) is 0 Å². The van der Waals surface area contributed by atoms with Crippen LogP contribution in [0.2, 0.25) is 0 Å². The summed E-state index contributed by atoms with van der Waals surface area (Å²) in [5.74, 6) is 0.655. The number of rotatable bonds is 8. The fourth-order valence-electron chi connectivity index (χ4n) is 2.77. The van der Waals surface area contributed by atoms with Crippen molar-refractivity contribution in [1.82, 2.24) is 20.6 Å². The molecule has 0 saturated heterocycles. The van der Waals surface area contributed by atoms with Gasteiger partial charge in [0.05, 0.1) is 11.0 Å². The molecule has 0 unspecified atom stereocenters. The molecule has 5 nitrogen and oxygen atoms in total. The number of nitrogens with zero attached hydrogens (tertiary/aromatic N) is 1. The third-order valence-electron chi connectivity index (χ3n) is 4.12. The number of benzene rings is 2. The Morgan fingerprint density at radius 1 is 1.19 bits per heavy atom. The van der Waals surface area contributed by atoms with Gasteiger partial charge in [0.25, 0.3) is 5.91 Å². The van der Waals surface area contributed by atoms with Crippen LogP contribution in [-0.4, -0.2) is 35.0 Å². The Bertz CT molecular complexity index is 844. The molecule has 1 amide bonds. The van der Waals surface area contributed by atoms with Gasteiger partial charge >= 0.3 is 0 Å². The van der Waals surface area contributed by atoms with Crippen LogP contribution in [0.3, 0.4) is 0 Å². The van der Waals surface area contributed by atoms with E-state index in [1.807, 2.05) is 48.5 Å². The van der Waals surface area contributed by atoms with Crippen molar-refractivity contribution in [1.29, 1.82) is 0 Å². The molecule has 0 radical (unpaired) electrons. The van der Waals surface area contributed by atoms with E-state index in [4.69, 9.17) is 0 Å². The number of hydrogen-bond donors (Lipinski definition) is 3. The van der Waals surface area contributed by atoms with E-state index in [-0.39, 0.29) is 11.9 Å². The number of amides is 1. The third kappa shape index (κ3) is 4.65. The number of likely N-dealkylation sites (N-methyl/N-ethyl adjacent to an activating group) is 1. The van der Waals surface area contributed by atoms with Gasteiger partial charge in [-0.3, -0.25) is 4.79 Å². The van der Waals surface area contributed by atoms with Gasteiger partial charge < -0.3 is 15.6 Å². The molecular weight excluding hydrogens is 344 g/mol. The molecule has 136 valence electrons. The lowest BCUT2D eigenvalue weighted by molar-refractivity contribution is 0.0949. The molecule has 0 spiro atoms. The van der Waals surface area contributed by atoms with E-state index in [2.05, 4.69) is 34.4 Å². The van der Waals surface area contributed by atoms with Gasteiger partial charge in [0, 0.05) is 23.9 Å². The number of imidazole rings is 1. The fourth-order valence-corrected chi connectivity index (χ4v) is 3.66. The second kappa shape index (κ2) is 8.87. The van der Waals surface area contributed by atoms with E-state index < -0.39 is 0 Å². The number of para-hydroxylation sites is 2. The molecule has 3 rings (SSSR count). The topological polar surface area (TPSA) is 69.8 Å². The van der Waals surface area contributed by atoms with Crippen LogP contribution in [0.4, 0.5) is 0 Å². The Morgan fingerprint density at radius 3 is 2.77 bits per heavy atom. The van der Waals surface area contributed by atoms with Gasteiger partial charge in [-0.1, -0.05) is 49.0 Å². The van der Waals surface area contributed by atoms with Gasteiger partial charge in [-0.05, 0) is 37.2 Å². The SMILES string of the molecule is CCN[C@H](C)CNC(=O)c1ccccc1CSc1nc2ccccc2[nH]1. The summed E-state index contributed by atoms with van der Waals surface area (Å²) in [5.41, 5.74) is 3.71. The van der Waals surface area contributed by atoms with E-state index in [0.29, 0.717) is 12.3 Å². The second-order valence-corrected chi connectivity index (χ2v) is 7.14. The van der Waals surface area contributed by atoms with Crippen molar-refractivity contribution in [3.8, 4) is 0 Å². The van der Waals surface area contributed by atoms with Crippen LogP contribution in [0, 0.1) is 0 Å². The number of carbonyl (C=O) groups excluding carboxylic acids is 1. The maximum Gasteiger partial charge on any atom is 0.251 e. The zero-order valence-corrected chi connectivity index (χ0v) is 15.9. The Kier molecular flexibility index (Phi) is 6.30. The monoisotopic (exact) mass is 368 g/mol. The average Bonchev–Trinajstić information content (AvgIpc) is 3.08. The summed E-state index contributed by atoms with van der Waals surface area (Å²) in [4.78, 5) is 20.4. The van der Waals surface area contributed by atoms with E-state index in [0.717, 1.165) is 33.9 Å². The zero-order chi connectivity index (χ0) is 18.4. The van der Waals surface area contributed by atoms with Crippen LogP contribution in [0.25, 0.3) is 11.0 Å². The molecule has 0 bridgehead atoms. The van der Waals surface area contributed by atoms with Crippen molar-refractivity contribution in [3.05, 3.63) is 59.7 Å². The first kappa shape index (κ1) is 18.5. The normalized spacial score (nSPS) is 12.2. The van der Waals surface area contributed by atoms with E-state index in [9.17, 15) is 4.79 Å². The minimum absolute atomic E-state index is 0.0319. The first-order valence-corrected chi connectivity index (χ1v) is 9.83. The molecule has 0 aliphatic heterocycles. The summed E-state index contributed by atoms with van der Waals surface area (Å²) in [6, 6.07) is 16.0. The fraction of sp³-hybridized carbons (Fsp3) is 0.300. The quantitative estimate of drug-likeness (QED) is 0.532. The molecule has 1 heterocycles. The van der Waals surface area contributed by atoms with Gasteiger partial charge in [0.1, 0.15) is 0 Å². The summed E-state index contributed by atoms with van der Waals surface area (Å²) in [5, 5.41) is 7.17. The predicted octanol–water partition coefficient (Wildman–Crippen LogP) is 3.58. The summed E-state index contributed by atoms with van der Waals surface area (Å²) in [6.07, 6.45) is 0. The van der Waals surface area contributed by atoms with Crippen LogP contribution in [0.5, 0.6) is 0 Å². The maximum atomic E-state index is 12.6. The first-order chi connectivity index (χ1) is 12.7. The number of fused-ring (bicyclic) bond motifs is 1. The second-order valence-electron chi connectivity index (χ2n) is 6.17. The van der Waals surface area contributed by atoms with Crippen molar-refractivity contribution in [2.75, 3.05) is 13.1 Å². The molecular formula is C20H24N4OS. The standard InChI is InChI=1S/C20H24N4OS/c1-3-21-14(2)12-22-19(25)16-9-5-4-8-15(16)13-26-20-23-17-10-6-7-11-18(17)24-20/h4-11,14,21H,3,12-13H2,1-2H3,(H,22,25)(H,23,24)/t14-/m1/s1. The molecule has 1 atom stereocenters. The lowest BCUT2D eigenvalue weighted by Gasteiger charge is -2.14. The van der Waals surface area contributed by atoms with Crippen LogP contribution >= 0.6 is 11.8 Å². The van der Waals surface area contributed by atoms with Crippen molar-refractivity contribution < 1.29 is 4.79 Å². The van der Waals surface area contributed by atoms with Gasteiger partial charge in [-0.2, -0.15) is 0 Å². The lowest BCUT2D eigenvalue weighted by Crippen LogP contribution is -2.39. The number of hydrogen-bond acceptors (Lipinski definition) is 4. The Labute approximate surface area is 158 Å². The maximum absolute atomic E-state index is 12.6. The van der Waals surface area contributed by atoms with Gasteiger partial charge in [-0.15, -0.1) is 0 Å². The first-order valence-electron chi connectivity index (χ1n) is 8.84. The van der Waals surface area contributed by atoms with E-state index in [1.54, 1.807) is 11.8 Å². The Hall–Kier alpha value is -2.31. The molecule has 0 aliphatic rings. The summed E-state index contributed by atoms with van der Waals surface area (Å²) < 4.78 is 0. The summed E-state index contributed by atoms with van der Waals surface area (Å²) in [7, 11) is 0. The average molecular weight is 369 g/mol. The molecule has 0 saturated carbocycles. The number of aromatic nitrogens is 2. The minimum atomic E-state index is -0.0319. The molecule has 0 aliphatic carbocycles. The van der Waals surface area contributed by atoms with Gasteiger partial charge in [0.2, 0.25) is 0 Å². The number of thioether (sulfide) groups is 1. The molecule has 0 fully saturated rings. The van der Waals surface area contributed by atoms with Crippen molar-refractivity contribution in [2.45, 2.75) is 30.8 Å². The summed E-state index contributed by atoms with van der Waals surface area (Å²) in [6.45, 7) is 5.62. The van der Waals surface area contributed by atoms with Crippen LogP contribution in [0.1, 0.15) is 29.8 Å². The highest BCUT2D eigenvalue weighted by atomic mass is 32.2. The Balaban J connectivity index is 1.65. The smallest absolute Gasteiger partial charge is 0.251 e. The van der Waals surface area contributed by atoms with Crippen molar-refractivity contribution in [2.24, 2.45) is 0 Å². The van der Waals surface area contributed by atoms with Crippen LogP contribution in [-0.2, 0) is 5.75 Å². The summed E-state index contributed by atoms with van der Waals surface area (Å²) >= 11 is 1.60. The van der Waals surface area contributed by atoms with Crippen LogP contribution < -0.4 is 10.6 Å². The predicted molar refractivity (Wildman–Crippen MR) is 108 cm³/mol.